The van der Waals surface area contributed by atoms with Gasteiger partial charge in [-0.3, -0.25) is 0 Å². The van der Waals surface area contributed by atoms with E-state index in [1.165, 1.54) is 0 Å². The number of nitrogens with one attached hydrogen (secondary N) is 1. The van der Waals surface area contributed by atoms with Crippen molar-refractivity contribution >= 4 is 25.0 Å². The minimum absolute atomic E-state index is 0.337. The minimum atomic E-state index is -2.59. The van der Waals surface area contributed by atoms with Crippen LogP contribution in [0.5, 0.6) is 0 Å². The molecule has 0 aromatic rings. The lowest BCUT2D eigenvalue weighted by atomic mass is 10.5. The second-order valence-electron chi connectivity index (χ2n) is 7.96. The molecule has 0 fully saturated rings. The van der Waals surface area contributed by atoms with E-state index in [1.54, 1.807) is 14.2 Å². The lowest BCUT2D eigenvalue weighted by Crippen LogP contribution is -2.61. The lowest BCUT2D eigenvalue weighted by molar-refractivity contribution is 0.1000. The topological polar surface area (TPSA) is 65.7 Å². The summed E-state index contributed by atoms with van der Waals surface area (Å²) in [6.07, 6.45) is 0.984. The van der Waals surface area contributed by atoms with Crippen LogP contribution < -0.4 is 11.1 Å². The van der Waals surface area contributed by atoms with Gasteiger partial charge >= 0.3 is 8.80 Å². The first-order valence-electron chi connectivity index (χ1n) is 8.21. The Hall–Kier alpha value is 0.451. The molecule has 8 heteroatoms. The summed E-state index contributed by atoms with van der Waals surface area (Å²) in [5, 5.41) is 3.65. The van der Waals surface area contributed by atoms with Gasteiger partial charge in [-0.15, -0.1) is 0 Å². The van der Waals surface area contributed by atoms with Crippen LogP contribution in [-0.4, -0.2) is 64.2 Å². The number of rotatable bonds is 12. The minimum Gasteiger partial charge on any atom is -0.377 e. The number of hydrogen-bond acceptors (Lipinski definition) is 5. The predicted molar refractivity (Wildman–Crippen MR) is 103 cm³/mol. The van der Waals surface area contributed by atoms with Crippen molar-refractivity contribution in [2.45, 2.75) is 57.1 Å². The molecule has 0 atom stereocenters. The van der Waals surface area contributed by atoms with Crippen molar-refractivity contribution in [3.05, 3.63) is 0 Å². The fourth-order valence-electron chi connectivity index (χ4n) is 2.93. The van der Waals surface area contributed by atoms with Crippen LogP contribution in [0.15, 0.2) is 0 Å². The molecule has 0 saturated heterocycles. The van der Waals surface area contributed by atoms with Gasteiger partial charge in [0.15, 0.2) is 0 Å². The second-order valence-corrected chi connectivity index (χ2v) is 22.0. The van der Waals surface area contributed by atoms with Crippen LogP contribution in [0.3, 0.4) is 0 Å². The first-order chi connectivity index (χ1) is 10.0. The average Bonchev–Trinajstić information content (AvgIpc) is 2.39. The Morgan fingerprint density at radius 3 is 1.77 bits per heavy atom. The highest BCUT2D eigenvalue weighted by atomic mass is 28.4. The third-order valence-electron chi connectivity index (χ3n) is 3.65. The number of nitrogens with two attached hydrogens (primary N) is 1. The zero-order chi connectivity index (χ0) is 17.4. The maximum absolute atomic E-state index is 6.64. The molecule has 0 aliphatic heterocycles. The largest absolute Gasteiger partial charge is 0.500 e. The molecule has 0 saturated carbocycles. The van der Waals surface area contributed by atoms with Crippen LogP contribution in [0.2, 0.25) is 45.3 Å². The Balaban J connectivity index is 4.90. The van der Waals surface area contributed by atoms with Gasteiger partial charge in [0.25, 0.3) is 0 Å². The van der Waals surface area contributed by atoms with Crippen molar-refractivity contribution in [2.24, 2.45) is 5.73 Å². The molecule has 0 amide bonds. The van der Waals surface area contributed by atoms with Gasteiger partial charge < -0.3 is 24.3 Å². The quantitative estimate of drug-likeness (QED) is 0.410. The smallest absolute Gasteiger partial charge is 0.377 e. The van der Waals surface area contributed by atoms with E-state index in [0.29, 0.717) is 11.9 Å². The van der Waals surface area contributed by atoms with Crippen molar-refractivity contribution in [3.8, 4) is 0 Å². The summed E-state index contributed by atoms with van der Waals surface area (Å²) < 4.78 is 18.2. The maximum atomic E-state index is 6.64. The SMILES string of the molecule is CO[Si](CCCNCCN)(OC)OC([Si](C)(C)C)[Si](C)(C)C. The molecule has 3 N–H and O–H groups in total. The third kappa shape index (κ3) is 7.82. The highest BCUT2D eigenvalue weighted by Crippen LogP contribution is 2.28. The predicted octanol–water partition coefficient (Wildman–Crippen LogP) is 2.30. The highest BCUT2D eigenvalue weighted by molar-refractivity contribution is 6.96. The summed E-state index contributed by atoms with van der Waals surface area (Å²) in [5.74, 6) is 0. The van der Waals surface area contributed by atoms with E-state index in [-0.39, 0.29) is 0 Å². The molecule has 0 bridgehead atoms. The molecule has 0 aliphatic rings. The normalized spacial score (nSPS) is 13.9. The van der Waals surface area contributed by atoms with E-state index in [0.717, 1.165) is 25.6 Å². The molecular weight excluding hydrogens is 328 g/mol. The van der Waals surface area contributed by atoms with Crippen LogP contribution in [0.1, 0.15) is 6.42 Å². The van der Waals surface area contributed by atoms with Crippen molar-refractivity contribution in [1.82, 2.24) is 5.32 Å². The first kappa shape index (κ1) is 22.5. The van der Waals surface area contributed by atoms with E-state index in [4.69, 9.17) is 19.0 Å². The zero-order valence-corrected chi connectivity index (χ0v) is 18.9. The van der Waals surface area contributed by atoms with E-state index in [9.17, 15) is 0 Å². The molecule has 0 radical (unpaired) electrons. The lowest BCUT2D eigenvalue weighted by Gasteiger charge is -2.43. The fraction of sp³-hybridized carbons (Fsp3) is 1.00. The zero-order valence-electron chi connectivity index (χ0n) is 15.9. The third-order valence-corrected chi connectivity index (χ3v) is 15.5. The van der Waals surface area contributed by atoms with Crippen LogP contribution >= 0.6 is 0 Å². The van der Waals surface area contributed by atoms with Gasteiger partial charge in [0, 0.05) is 38.7 Å². The van der Waals surface area contributed by atoms with E-state index < -0.39 is 25.0 Å². The second kappa shape index (κ2) is 9.68. The summed E-state index contributed by atoms with van der Waals surface area (Å²) >= 11 is 0. The first-order valence-corrected chi connectivity index (χ1v) is 17.3. The molecular formula is C14H38N2O3Si3. The Bertz CT molecular complexity index is 289. The van der Waals surface area contributed by atoms with Gasteiger partial charge in [-0.2, -0.15) is 0 Å². The van der Waals surface area contributed by atoms with E-state index in [2.05, 4.69) is 44.6 Å². The molecule has 0 aromatic carbocycles. The highest BCUT2D eigenvalue weighted by Gasteiger charge is 2.48. The van der Waals surface area contributed by atoms with Crippen LogP contribution in [0, 0.1) is 0 Å². The van der Waals surface area contributed by atoms with Crippen molar-refractivity contribution in [1.29, 1.82) is 0 Å². The molecule has 0 heterocycles. The Morgan fingerprint density at radius 2 is 1.41 bits per heavy atom. The number of hydrogen-bond donors (Lipinski definition) is 2. The van der Waals surface area contributed by atoms with Gasteiger partial charge in [-0.1, -0.05) is 39.3 Å². The van der Waals surface area contributed by atoms with Gasteiger partial charge in [-0.05, 0) is 13.0 Å². The van der Waals surface area contributed by atoms with E-state index >= 15 is 0 Å². The summed E-state index contributed by atoms with van der Waals surface area (Å²) in [7, 11) is -2.01. The molecule has 0 spiro atoms. The van der Waals surface area contributed by atoms with Crippen LogP contribution in [-0.2, 0) is 13.3 Å². The summed E-state index contributed by atoms with van der Waals surface area (Å²) in [6.45, 7) is 16.7. The molecule has 134 valence electrons. The Kier molecular flexibility index (Phi) is 9.87. The molecule has 0 aliphatic carbocycles. The fourth-order valence-corrected chi connectivity index (χ4v) is 19.1. The molecule has 22 heavy (non-hydrogen) atoms. The van der Waals surface area contributed by atoms with E-state index in [1.807, 2.05) is 0 Å². The van der Waals surface area contributed by atoms with Crippen molar-refractivity contribution < 1.29 is 13.3 Å². The van der Waals surface area contributed by atoms with Crippen LogP contribution in [0.25, 0.3) is 0 Å². The van der Waals surface area contributed by atoms with Gasteiger partial charge in [0.05, 0.1) is 16.1 Å². The van der Waals surface area contributed by atoms with Gasteiger partial charge in [-0.25, -0.2) is 0 Å². The van der Waals surface area contributed by atoms with Crippen molar-refractivity contribution in [3.63, 3.8) is 0 Å². The molecule has 0 aromatic heterocycles. The van der Waals surface area contributed by atoms with Crippen LogP contribution in [0.4, 0.5) is 0 Å². The molecule has 5 nitrogen and oxygen atoms in total. The Labute approximate surface area is 140 Å². The summed E-state index contributed by atoms with van der Waals surface area (Å²) in [5.41, 5.74) is 5.49. The maximum Gasteiger partial charge on any atom is 0.500 e. The summed E-state index contributed by atoms with van der Waals surface area (Å²) in [6, 6.07) is 0.850. The monoisotopic (exact) mass is 366 g/mol. The molecule has 0 unspecified atom stereocenters. The van der Waals surface area contributed by atoms with Gasteiger partial charge in [0.1, 0.15) is 0 Å². The van der Waals surface area contributed by atoms with Crippen molar-refractivity contribution in [2.75, 3.05) is 33.9 Å². The molecule has 0 rings (SSSR count). The standard InChI is InChI=1S/C14H38N2O3Si3/c1-17-22(18-2,13-9-11-16-12-10-15)19-14(20(3,4)5)21(6,7)8/h14,16H,9-13,15H2,1-8H3. The van der Waals surface area contributed by atoms with Gasteiger partial charge in [0.2, 0.25) is 0 Å². The Morgan fingerprint density at radius 1 is 0.909 bits per heavy atom. The average molecular weight is 367 g/mol. The summed E-state index contributed by atoms with van der Waals surface area (Å²) in [4.78, 5) is 0.